The van der Waals surface area contributed by atoms with Gasteiger partial charge in [0.25, 0.3) is 0 Å². The van der Waals surface area contributed by atoms with Gasteiger partial charge in [-0.25, -0.2) is 13.2 Å². The summed E-state index contributed by atoms with van der Waals surface area (Å²) in [6.07, 6.45) is 3.97. The van der Waals surface area contributed by atoms with E-state index in [9.17, 15) is 13.2 Å². The van der Waals surface area contributed by atoms with Crippen molar-refractivity contribution in [3.05, 3.63) is 24.3 Å². The SMILES string of the molecule is CCOC(=O)C1CCCCN1c1ccc(S(C)(=O)=O)cc1. The van der Waals surface area contributed by atoms with Crippen LogP contribution in [0.15, 0.2) is 29.2 Å². The highest BCUT2D eigenvalue weighted by Gasteiger charge is 2.30. The molecule has 21 heavy (non-hydrogen) atoms. The summed E-state index contributed by atoms with van der Waals surface area (Å²) in [7, 11) is -3.20. The summed E-state index contributed by atoms with van der Waals surface area (Å²) in [4.78, 5) is 14.3. The lowest BCUT2D eigenvalue weighted by atomic mass is 10.0. The second kappa shape index (κ2) is 6.47. The third kappa shape index (κ3) is 3.75. The molecule has 0 aromatic heterocycles. The third-order valence-electron chi connectivity index (χ3n) is 3.66. The van der Waals surface area contributed by atoms with Crippen molar-refractivity contribution in [3.8, 4) is 0 Å². The average Bonchev–Trinajstić information content (AvgIpc) is 2.47. The van der Waals surface area contributed by atoms with Gasteiger partial charge < -0.3 is 9.64 Å². The van der Waals surface area contributed by atoms with E-state index in [1.165, 1.54) is 6.26 Å². The molecule has 0 amide bonds. The molecule has 1 unspecified atom stereocenters. The zero-order chi connectivity index (χ0) is 15.5. The molecule has 0 bridgehead atoms. The molecular formula is C15H21NO4S. The van der Waals surface area contributed by atoms with Gasteiger partial charge in [-0.05, 0) is 50.5 Å². The van der Waals surface area contributed by atoms with E-state index in [1.54, 1.807) is 31.2 Å². The van der Waals surface area contributed by atoms with E-state index in [1.807, 2.05) is 4.90 Å². The third-order valence-corrected chi connectivity index (χ3v) is 4.79. The van der Waals surface area contributed by atoms with E-state index in [2.05, 4.69) is 0 Å². The quantitative estimate of drug-likeness (QED) is 0.796. The summed E-state index contributed by atoms with van der Waals surface area (Å²) in [6.45, 7) is 2.95. The van der Waals surface area contributed by atoms with Crippen molar-refractivity contribution in [2.45, 2.75) is 37.1 Å². The highest BCUT2D eigenvalue weighted by molar-refractivity contribution is 7.90. The number of rotatable bonds is 4. The number of benzene rings is 1. The standard InChI is InChI=1S/C15H21NO4S/c1-3-20-15(17)14-6-4-5-11-16(14)12-7-9-13(10-8-12)21(2,18)19/h7-10,14H,3-6,11H2,1-2H3. The van der Waals surface area contributed by atoms with Crippen molar-refractivity contribution >= 4 is 21.5 Å². The number of anilines is 1. The van der Waals surface area contributed by atoms with E-state index < -0.39 is 9.84 Å². The minimum absolute atomic E-state index is 0.204. The van der Waals surface area contributed by atoms with Crippen molar-refractivity contribution < 1.29 is 17.9 Å². The fraction of sp³-hybridized carbons (Fsp3) is 0.533. The van der Waals surface area contributed by atoms with Gasteiger partial charge in [0, 0.05) is 18.5 Å². The van der Waals surface area contributed by atoms with Gasteiger partial charge in [-0.1, -0.05) is 0 Å². The molecule has 1 aliphatic rings. The maximum atomic E-state index is 12.0. The summed E-state index contributed by atoms with van der Waals surface area (Å²) < 4.78 is 28.1. The molecule has 6 heteroatoms. The minimum atomic E-state index is -3.20. The molecule has 1 aromatic carbocycles. The van der Waals surface area contributed by atoms with Crippen molar-refractivity contribution in [1.82, 2.24) is 0 Å². The lowest BCUT2D eigenvalue weighted by molar-refractivity contribution is -0.145. The second-order valence-electron chi connectivity index (χ2n) is 5.22. The Morgan fingerprint density at radius 1 is 1.29 bits per heavy atom. The lowest BCUT2D eigenvalue weighted by Crippen LogP contribution is -2.45. The summed E-state index contributed by atoms with van der Waals surface area (Å²) >= 11 is 0. The molecule has 0 spiro atoms. The molecule has 0 N–H and O–H groups in total. The molecule has 1 aliphatic heterocycles. The topological polar surface area (TPSA) is 63.7 Å². The molecule has 1 atom stereocenters. The number of esters is 1. The number of piperidine rings is 1. The molecule has 2 rings (SSSR count). The first-order valence-corrected chi connectivity index (χ1v) is 9.06. The van der Waals surface area contributed by atoms with Gasteiger partial charge in [0.05, 0.1) is 11.5 Å². The van der Waals surface area contributed by atoms with Gasteiger partial charge >= 0.3 is 5.97 Å². The zero-order valence-corrected chi connectivity index (χ0v) is 13.2. The smallest absolute Gasteiger partial charge is 0.328 e. The van der Waals surface area contributed by atoms with Crippen LogP contribution in [-0.2, 0) is 19.4 Å². The van der Waals surface area contributed by atoms with Crippen molar-refractivity contribution in [2.75, 3.05) is 24.3 Å². The van der Waals surface area contributed by atoms with Crippen LogP contribution in [0.25, 0.3) is 0 Å². The minimum Gasteiger partial charge on any atom is -0.464 e. The Labute approximate surface area is 125 Å². The van der Waals surface area contributed by atoms with Crippen LogP contribution in [0, 0.1) is 0 Å². The number of nitrogens with zero attached hydrogens (tertiary/aromatic N) is 1. The van der Waals surface area contributed by atoms with Gasteiger partial charge in [-0.15, -0.1) is 0 Å². The molecule has 5 nitrogen and oxygen atoms in total. The summed E-state index contributed by atoms with van der Waals surface area (Å²) in [6, 6.07) is 6.41. The predicted molar refractivity (Wildman–Crippen MR) is 81.2 cm³/mol. The van der Waals surface area contributed by atoms with Gasteiger partial charge in [-0.2, -0.15) is 0 Å². The summed E-state index contributed by atoms with van der Waals surface area (Å²) in [5.74, 6) is -0.204. The van der Waals surface area contributed by atoms with Crippen LogP contribution in [0.3, 0.4) is 0 Å². The van der Waals surface area contributed by atoms with E-state index in [4.69, 9.17) is 4.74 Å². The Bertz CT molecular complexity index is 595. The summed E-state index contributed by atoms with van der Waals surface area (Å²) in [5, 5.41) is 0. The van der Waals surface area contributed by atoms with Crippen molar-refractivity contribution in [2.24, 2.45) is 0 Å². The normalized spacial score (nSPS) is 19.3. The zero-order valence-electron chi connectivity index (χ0n) is 12.4. The first-order chi connectivity index (χ1) is 9.93. The first-order valence-electron chi connectivity index (χ1n) is 7.17. The Morgan fingerprint density at radius 2 is 1.95 bits per heavy atom. The molecule has 1 heterocycles. The van der Waals surface area contributed by atoms with Crippen molar-refractivity contribution in [3.63, 3.8) is 0 Å². The van der Waals surface area contributed by atoms with Crippen LogP contribution in [0.2, 0.25) is 0 Å². The summed E-state index contributed by atoms with van der Waals surface area (Å²) in [5.41, 5.74) is 0.861. The largest absolute Gasteiger partial charge is 0.464 e. The van der Waals surface area contributed by atoms with Crippen LogP contribution >= 0.6 is 0 Å². The fourth-order valence-electron chi connectivity index (χ4n) is 2.61. The molecule has 0 aliphatic carbocycles. The highest BCUT2D eigenvalue weighted by atomic mass is 32.2. The highest BCUT2D eigenvalue weighted by Crippen LogP contribution is 2.26. The van der Waals surface area contributed by atoms with Gasteiger partial charge in [0.15, 0.2) is 9.84 Å². The van der Waals surface area contributed by atoms with Crippen LogP contribution in [0.4, 0.5) is 5.69 Å². The molecule has 0 radical (unpaired) electrons. The predicted octanol–water partition coefficient (Wildman–Crippen LogP) is 2.01. The number of carbonyl (C=O) groups is 1. The van der Waals surface area contributed by atoms with Crippen LogP contribution in [0.1, 0.15) is 26.2 Å². The van der Waals surface area contributed by atoms with Crippen LogP contribution in [0.5, 0.6) is 0 Å². The van der Waals surface area contributed by atoms with Gasteiger partial charge in [0.1, 0.15) is 6.04 Å². The van der Waals surface area contributed by atoms with E-state index in [0.29, 0.717) is 6.61 Å². The van der Waals surface area contributed by atoms with Gasteiger partial charge in [0.2, 0.25) is 0 Å². The first kappa shape index (κ1) is 15.8. The Kier molecular flexibility index (Phi) is 4.88. The maximum Gasteiger partial charge on any atom is 0.328 e. The molecule has 1 saturated heterocycles. The molecule has 1 fully saturated rings. The Balaban J connectivity index is 2.23. The number of carbonyl (C=O) groups excluding carboxylic acids is 1. The van der Waals surface area contributed by atoms with E-state index in [0.717, 1.165) is 31.5 Å². The molecule has 116 valence electrons. The number of sulfone groups is 1. The van der Waals surface area contributed by atoms with E-state index in [-0.39, 0.29) is 16.9 Å². The maximum absolute atomic E-state index is 12.0. The Hall–Kier alpha value is -1.56. The molecule has 1 aromatic rings. The monoisotopic (exact) mass is 311 g/mol. The second-order valence-corrected chi connectivity index (χ2v) is 7.24. The van der Waals surface area contributed by atoms with Crippen LogP contribution < -0.4 is 4.90 Å². The lowest BCUT2D eigenvalue weighted by Gasteiger charge is -2.35. The van der Waals surface area contributed by atoms with Crippen LogP contribution in [-0.4, -0.2) is 39.8 Å². The molecule has 0 saturated carbocycles. The number of ether oxygens (including phenoxy) is 1. The number of hydrogen-bond donors (Lipinski definition) is 0. The van der Waals surface area contributed by atoms with E-state index >= 15 is 0 Å². The van der Waals surface area contributed by atoms with Gasteiger partial charge in [-0.3, -0.25) is 0 Å². The fourth-order valence-corrected chi connectivity index (χ4v) is 3.24. The number of hydrogen-bond acceptors (Lipinski definition) is 5. The average molecular weight is 311 g/mol. The van der Waals surface area contributed by atoms with Crippen molar-refractivity contribution in [1.29, 1.82) is 0 Å². The Morgan fingerprint density at radius 3 is 2.52 bits per heavy atom. The molecular weight excluding hydrogens is 290 g/mol.